The third-order valence-electron chi connectivity index (χ3n) is 6.29. The molecule has 0 aliphatic carbocycles. The van der Waals surface area contributed by atoms with E-state index in [2.05, 4.69) is 15.1 Å². The second-order valence-corrected chi connectivity index (χ2v) is 8.18. The van der Waals surface area contributed by atoms with Crippen molar-refractivity contribution < 1.29 is 19.2 Å². The van der Waals surface area contributed by atoms with Gasteiger partial charge in [-0.05, 0) is 33.1 Å². The quantitative estimate of drug-likeness (QED) is 0.746. The number of nitrogens with zero attached hydrogens (tertiary/aromatic N) is 4. The summed E-state index contributed by atoms with van der Waals surface area (Å²) in [5.41, 5.74) is -0.426. The number of aromatic amines is 1. The summed E-state index contributed by atoms with van der Waals surface area (Å²) in [6, 6.07) is 1.17. The molecule has 0 radical (unpaired) electrons. The Hall–Kier alpha value is -3.01. The zero-order valence-electron chi connectivity index (χ0n) is 17.1. The zero-order valence-corrected chi connectivity index (χ0v) is 17.1. The number of nitrogens with one attached hydrogen (secondary N) is 1. The standard InChI is InChI=1S/C20H25N5O5/c1-12-8-15(30-23-12)19(29)24-7-5-20(11-26)4-3-6-25(16(20)10-24)18(28)14-9-21-13(2)22-17(14)27/h8-9,16,26H,3-7,10-11H2,1-2H3,(H,21,22,27)/t16-,20-/m0/s1. The maximum Gasteiger partial charge on any atom is 0.292 e. The van der Waals surface area contributed by atoms with E-state index >= 15 is 0 Å². The largest absolute Gasteiger partial charge is 0.396 e. The Morgan fingerprint density at radius 2 is 2.10 bits per heavy atom. The van der Waals surface area contributed by atoms with Crippen LogP contribution in [-0.4, -0.2) is 74.1 Å². The summed E-state index contributed by atoms with van der Waals surface area (Å²) in [5, 5.41) is 14.0. The van der Waals surface area contributed by atoms with Crippen molar-refractivity contribution in [3.63, 3.8) is 0 Å². The molecule has 30 heavy (non-hydrogen) atoms. The Labute approximate surface area is 172 Å². The molecular formula is C20H25N5O5. The lowest BCUT2D eigenvalue weighted by Gasteiger charge is -2.54. The number of aryl methyl sites for hydroxylation is 2. The van der Waals surface area contributed by atoms with Gasteiger partial charge in [0.25, 0.3) is 17.4 Å². The minimum absolute atomic E-state index is 0.0383. The average Bonchev–Trinajstić information content (AvgIpc) is 3.18. The fourth-order valence-corrected chi connectivity index (χ4v) is 4.60. The second-order valence-electron chi connectivity index (χ2n) is 8.18. The summed E-state index contributed by atoms with van der Waals surface area (Å²) in [7, 11) is 0. The van der Waals surface area contributed by atoms with Crippen LogP contribution in [-0.2, 0) is 0 Å². The van der Waals surface area contributed by atoms with Crippen molar-refractivity contribution in [2.24, 2.45) is 5.41 Å². The van der Waals surface area contributed by atoms with E-state index in [-0.39, 0.29) is 30.4 Å². The van der Waals surface area contributed by atoms with Gasteiger partial charge in [0.2, 0.25) is 5.76 Å². The molecule has 2 amide bonds. The molecule has 0 spiro atoms. The van der Waals surface area contributed by atoms with Crippen LogP contribution in [0.3, 0.4) is 0 Å². The number of aliphatic hydroxyl groups excluding tert-OH is 1. The zero-order chi connectivity index (χ0) is 21.5. The lowest BCUT2D eigenvalue weighted by Crippen LogP contribution is -2.64. The average molecular weight is 415 g/mol. The Balaban J connectivity index is 1.64. The van der Waals surface area contributed by atoms with Crippen molar-refractivity contribution in [3.05, 3.63) is 45.5 Å². The van der Waals surface area contributed by atoms with Crippen LogP contribution in [0.4, 0.5) is 0 Å². The van der Waals surface area contributed by atoms with E-state index in [4.69, 9.17) is 4.52 Å². The van der Waals surface area contributed by atoms with E-state index in [0.29, 0.717) is 31.0 Å². The number of hydrogen-bond donors (Lipinski definition) is 2. The number of piperidine rings is 2. The van der Waals surface area contributed by atoms with Gasteiger partial charge in [-0.25, -0.2) is 4.98 Å². The first kappa shape index (κ1) is 20.3. The van der Waals surface area contributed by atoms with Crippen molar-refractivity contribution in [3.8, 4) is 0 Å². The molecular weight excluding hydrogens is 390 g/mol. The van der Waals surface area contributed by atoms with E-state index in [0.717, 1.165) is 12.8 Å². The molecule has 0 bridgehead atoms. The molecule has 2 atom stereocenters. The minimum atomic E-state index is -0.507. The Morgan fingerprint density at radius 1 is 1.30 bits per heavy atom. The van der Waals surface area contributed by atoms with Gasteiger partial charge in [-0.15, -0.1) is 0 Å². The predicted molar refractivity (Wildman–Crippen MR) is 105 cm³/mol. The van der Waals surface area contributed by atoms with E-state index in [1.165, 1.54) is 6.20 Å². The van der Waals surface area contributed by atoms with Gasteiger partial charge in [-0.1, -0.05) is 5.16 Å². The van der Waals surface area contributed by atoms with Crippen LogP contribution in [0.2, 0.25) is 0 Å². The van der Waals surface area contributed by atoms with E-state index in [1.807, 2.05) is 0 Å². The van der Waals surface area contributed by atoms with Crippen LogP contribution in [0.15, 0.2) is 21.6 Å². The fraction of sp³-hybridized carbons (Fsp3) is 0.550. The number of carbonyl (C=O) groups excluding carboxylic acids is 2. The second kappa shape index (κ2) is 7.67. The molecule has 2 aromatic heterocycles. The van der Waals surface area contributed by atoms with Crippen molar-refractivity contribution in [2.45, 2.75) is 39.2 Å². The molecule has 2 N–H and O–H groups in total. The molecule has 2 aromatic rings. The van der Waals surface area contributed by atoms with Crippen LogP contribution in [0.25, 0.3) is 0 Å². The number of aliphatic hydroxyl groups is 1. The molecule has 2 saturated heterocycles. The summed E-state index contributed by atoms with van der Waals surface area (Å²) in [4.78, 5) is 48.3. The number of likely N-dealkylation sites (tertiary alicyclic amines) is 2. The van der Waals surface area contributed by atoms with Gasteiger partial charge in [0.15, 0.2) is 0 Å². The molecule has 4 rings (SSSR count). The van der Waals surface area contributed by atoms with Gasteiger partial charge < -0.3 is 24.4 Å². The van der Waals surface area contributed by atoms with Gasteiger partial charge in [-0.2, -0.15) is 0 Å². The van der Waals surface area contributed by atoms with E-state index in [9.17, 15) is 19.5 Å². The number of carbonyl (C=O) groups is 2. The summed E-state index contributed by atoms with van der Waals surface area (Å²) < 4.78 is 5.11. The summed E-state index contributed by atoms with van der Waals surface area (Å²) in [6.07, 6.45) is 3.31. The topological polar surface area (TPSA) is 133 Å². The SMILES string of the molecule is Cc1cc(C(=O)N2CC[C@]3(CO)CCCN(C(=O)c4cnc(C)[nH]c4=O)[C@H]3C2)on1. The van der Waals surface area contributed by atoms with Crippen molar-refractivity contribution in [1.82, 2.24) is 24.9 Å². The molecule has 0 unspecified atom stereocenters. The number of rotatable bonds is 3. The molecule has 10 nitrogen and oxygen atoms in total. The first-order valence-electron chi connectivity index (χ1n) is 10.0. The molecule has 2 aliphatic heterocycles. The molecule has 160 valence electrons. The maximum atomic E-state index is 13.2. The van der Waals surface area contributed by atoms with Gasteiger partial charge in [-0.3, -0.25) is 14.4 Å². The highest BCUT2D eigenvalue weighted by molar-refractivity contribution is 5.94. The van der Waals surface area contributed by atoms with Crippen LogP contribution >= 0.6 is 0 Å². The van der Waals surface area contributed by atoms with Crippen molar-refractivity contribution in [1.29, 1.82) is 0 Å². The number of aromatic nitrogens is 3. The van der Waals surface area contributed by atoms with Crippen LogP contribution < -0.4 is 5.56 Å². The van der Waals surface area contributed by atoms with E-state index in [1.54, 1.807) is 29.7 Å². The Bertz CT molecular complexity index is 1030. The van der Waals surface area contributed by atoms with Gasteiger partial charge in [0.1, 0.15) is 11.4 Å². The normalized spacial score (nSPS) is 23.9. The summed E-state index contributed by atoms with van der Waals surface area (Å²) in [6.45, 7) is 4.44. The highest BCUT2D eigenvalue weighted by Crippen LogP contribution is 2.42. The van der Waals surface area contributed by atoms with Gasteiger partial charge in [0, 0.05) is 37.3 Å². The minimum Gasteiger partial charge on any atom is -0.396 e. The smallest absolute Gasteiger partial charge is 0.292 e. The summed E-state index contributed by atoms with van der Waals surface area (Å²) >= 11 is 0. The van der Waals surface area contributed by atoms with Crippen LogP contribution in [0, 0.1) is 19.3 Å². The number of amides is 2. The molecule has 0 aromatic carbocycles. The number of hydrogen-bond acceptors (Lipinski definition) is 7. The van der Waals surface area contributed by atoms with Gasteiger partial charge in [0.05, 0.1) is 18.3 Å². The third-order valence-corrected chi connectivity index (χ3v) is 6.29. The summed E-state index contributed by atoms with van der Waals surface area (Å²) in [5.74, 6) is -0.153. The molecule has 0 saturated carbocycles. The highest BCUT2D eigenvalue weighted by Gasteiger charge is 2.50. The van der Waals surface area contributed by atoms with Crippen molar-refractivity contribution in [2.75, 3.05) is 26.2 Å². The van der Waals surface area contributed by atoms with Gasteiger partial charge >= 0.3 is 0 Å². The molecule has 2 aliphatic rings. The van der Waals surface area contributed by atoms with Crippen LogP contribution in [0.1, 0.15) is 51.7 Å². The Morgan fingerprint density at radius 3 is 2.77 bits per heavy atom. The van der Waals surface area contributed by atoms with E-state index < -0.39 is 22.9 Å². The first-order valence-corrected chi connectivity index (χ1v) is 10.0. The first-order chi connectivity index (χ1) is 14.3. The predicted octanol–water partition coefficient (Wildman–Crippen LogP) is 0.504. The monoisotopic (exact) mass is 415 g/mol. The third kappa shape index (κ3) is 3.41. The lowest BCUT2D eigenvalue weighted by molar-refractivity contribution is -0.0584. The lowest BCUT2D eigenvalue weighted by atomic mass is 9.68. The van der Waals surface area contributed by atoms with Crippen molar-refractivity contribution >= 4 is 11.8 Å². The highest BCUT2D eigenvalue weighted by atomic mass is 16.5. The fourth-order valence-electron chi connectivity index (χ4n) is 4.60. The molecule has 2 fully saturated rings. The van der Waals surface area contributed by atoms with Crippen LogP contribution in [0.5, 0.6) is 0 Å². The maximum absolute atomic E-state index is 13.2. The molecule has 4 heterocycles. The molecule has 10 heteroatoms. The Kier molecular flexibility index (Phi) is 5.19. The number of H-pyrrole nitrogens is 1. The number of fused-ring (bicyclic) bond motifs is 1.